The molecule has 0 aliphatic carbocycles. The number of hydrogen-bond donors (Lipinski definition) is 2. The fourth-order valence-electron chi connectivity index (χ4n) is 1.15. The Labute approximate surface area is 117 Å². The number of halogens is 1. The van der Waals surface area contributed by atoms with E-state index in [1.54, 1.807) is 6.07 Å². The van der Waals surface area contributed by atoms with Crippen molar-refractivity contribution in [2.75, 3.05) is 20.7 Å². The number of aromatic nitrogens is 1. The molecule has 19 heavy (non-hydrogen) atoms. The van der Waals surface area contributed by atoms with E-state index in [0.29, 0.717) is 12.2 Å². The van der Waals surface area contributed by atoms with E-state index in [0.717, 1.165) is 0 Å². The van der Waals surface area contributed by atoms with Crippen molar-refractivity contribution in [2.24, 2.45) is 10.9 Å². The van der Waals surface area contributed by atoms with Gasteiger partial charge in [0.2, 0.25) is 5.88 Å². The molecular weight excluding hydrogens is 268 g/mol. The third-order valence-electron chi connectivity index (χ3n) is 3.01. The summed E-state index contributed by atoms with van der Waals surface area (Å²) in [6.45, 7) is 4.48. The summed E-state index contributed by atoms with van der Waals surface area (Å²) >= 11 is 6.12. The van der Waals surface area contributed by atoms with Crippen LogP contribution < -0.4 is 10.5 Å². The molecule has 6 nitrogen and oxygen atoms in total. The molecule has 1 heterocycles. The molecule has 1 aromatic rings. The molecule has 0 saturated heterocycles. The Balaban J connectivity index is 2.92. The smallest absolute Gasteiger partial charge is 0.233 e. The average molecular weight is 287 g/mol. The second-order valence-electron chi connectivity index (χ2n) is 4.96. The number of ether oxygens (including phenoxy) is 1. The lowest BCUT2D eigenvalue weighted by Crippen LogP contribution is -2.43. The summed E-state index contributed by atoms with van der Waals surface area (Å²) in [4.78, 5) is 6.09. The average Bonchev–Trinajstić information content (AvgIpc) is 2.36. The number of amidine groups is 1. The van der Waals surface area contributed by atoms with Crippen LogP contribution in [0.4, 0.5) is 0 Å². The van der Waals surface area contributed by atoms with Crippen molar-refractivity contribution in [3.63, 3.8) is 0 Å². The molecule has 0 fully saturated rings. The zero-order valence-electron chi connectivity index (χ0n) is 11.5. The third kappa shape index (κ3) is 3.71. The van der Waals surface area contributed by atoms with Gasteiger partial charge in [-0.05, 0) is 34.0 Å². The maximum absolute atomic E-state index is 8.67. The van der Waals surface area contributed by atoms with Gasteiger partial charge in [0.25, 0.3) is 0 Å². The molecule has 0 saturated carbocycles. The Hall–Kier alpha value is -1.53. The Kier molecular flexibility index (Phi) is 4.97. The molecule has 0 bridgehead atoms. The Bertz CT molecular complexity index is 475. The number of likely N-dealkylation sites (N-methyl/N-ethyl adjacent to an activating group) is 1. The number of hydrogen-bond acceptors (Lipinski definition) is 5. The lowest BCUT2D eigenvalue weighted by Gasteiger charge is -2.32. The maximum Gasteiger partial charge on any atom is 0.233 e. The highest BCUT2D eigenvalue weighted by atomic mass is 35.5. The van der Waals surface area contributed by atoms with Crippen LogP contribution in [0.3, 0.4) is 0 Å². The summed E-state index contributed by atoms with van der Waals surface area (Å²) in [6.07, 6.45) is 1.50. The molecule has 3 N–H and O–H groups in total. The van der Waals surface area contributed by atoms with Crippen LogP contribution in [0.1, 0.15) is 19.4 Å². The Morgan fingerprint density at radius 2 is 2.21 bits per heavy atom. The molecule has 0 unspecified atom stereocenters. The zero-order chi connectivity index (χ0) is 14.6. The number of oxime groups is 1. The lowest BCUT2D eigenvalue weighted by atomic mass is 10.1. The molecule has 0 aliphatic heterocycles. The highest BCUT2D eigenvalue weighted by molar-refractivity contribution is 6.35. The van der Waals surface area contributed by atoms with Crippen molar-refractivity contribution in [3.8, 4) is 5.88 Å². The van der Waals surface area contributed by atoms with E-state index in [1.807, 2.05) is 32.8 Å². The topological polar surface area (TPSA) is 84.0 Å². The van der Waals surface area contributed by atoms with Crippen LogP contribution in [-0.2, 0) is 0 Å². The van der Waals surface area contributed by atoms with Crippen molar-refractivity contribution >= 4 is 17.4 Å². The Morgan fingerprint density at radius 3 is 2.74 bits per heavy atom. The van der Waals surface area contributed by atoms with E-state index in [1.165, 1.54) is 6.20 Å². The molecular formula is C12H19ClN4O2. The number of nitrogens with zero attached hydrogens (tertiary/aromatic N) is 3. The first-order chi connectivity index (χ1) is 8.79. The standard InChI is InChI=1S/C12H19ClN4O2/c1-12(2,17(3)4)7-19-11-9(13)8(5-6-15-11)10(14)16-18/h5-6,18H,7H2,1-4H3,(H2,14,16). The monoisotopic (exact) mass is 286 g/mol. The summed E-state index contributed by atoms with van der Waals surface area (Å²) in [6, 6.07) is 1.56. The van der Waals surface area contributed by atoms with E-state index in [4.69, 9.17) is 27.3 Å². The first-order valence-electron chi connectivity index (χ1n) is 5.72. The molecule has 1 aromatic heterocycles. The maximum atomic E-state index is 8.67. The summed E-state index contributed by atoms with van der Waals surface area (Å²) in [5, 5.41) is 11.8. The van der Waals surface area contributed by atoms with Crippen LogP contribution in [-0.4, -0.2) is 47.2 Å². The van der Waals surface area contributed by atoms with Crippen LogP contribution in [0.25, 0.3) is 0 Å². The van der Waals surface area contributed by atoms with Gasteiger partial charge in [0, 0.05) is 17.3 Å². The molecule has 106 valence electrons. The van der Waals surface area contributed by atoms with Gasteiger partial charge in [0.15, 0.2) is 5.84 Å². The van der Waals surface area contributed by atoms with E-state index in [2.05, 4.69) is 10.1 Å². The van der Waals surface area contributed by atoms with Crippen molar-refractivity contribution in [3.05, 3.63) is 22.8 Å². The van der Waals surface area contributed by atoms with Crippen LogP contribution in [0.5, 0.6) is 5.88 Å². The predicted molar refractivity (Wildman–Crippen MR) is 75.0 cm³/mol. The highest BCUT2D eigenvalue weighted by Crippen LogP contribution is 2.26. The fourth-order valence-corrected chi connectivity index (χ4v) is 1.41. The van der Waals surface area contributed by atoms with Crippen molar-refractivity contribution in [2.45, 2.75) is 19.4 Å². The van der Waals surface area contributed by atoms with Gasteiger partial charge < -0.3 is 20.6 Å². The molecule has 0 spiro atoms. The SMILES string of the molecule is CN(C)C(C)(C)COc1nccc(/C(N)=N/O)c1Cl. The summed E-state index contributed by atoms with van der Waals surface area (Å²) in [5.41, 5.74) is 5.74. The summed E-state index contributed by atoms with van der Waals surface area (Å²) in [7, 11) is 3.93. The second kappa shape index (κ2) is 6.08. The Morgan fingerprint density at radius 1 is 1.58 bits per heavy atom. The first kappa shape index (κ1) is 15.5. The van der Waals surface area contributed by atoms with Gasteiger partial charge in [-0.3, -0.25) is 0 Å². The van der Waals surface area contributed by atoms with Crippen molar-refractivity contribution < 1.29 is 9.94 Å². The van der Waals surface area contributed by atoms with Gasteiger partial charge in [0.05, 0.1) is 0 Å². The van der Waals surface area contributed by atoms with Gasteiger partial charge in [-0.1, -0.05) is 16.8 Å². The zero-order valence-corrected chi connectivity index (χ0v) is 12.3. The quantitative estimate of drug-likeness (QED) is 0.371. The third-order valence-corrected chi connectivity index (χ3v) is 3.38. The van der Waals surface area contributed by atoms with Crippen LogP contribution in [0.2, 0.25) is 5.02 Å². The summed E-state index contributed by atoms with van der Waals surface area (Å²) < 4.78 is 5.62. The lowest BCUT2D eigenvalue weighted by molar-refractivity contribution is 0.111. The van der Waals surface area contributed by atoms with Gasteiger partial charge in [-0.25, -0.2) is 4.98 Å². The number of rotatable bonds is 5. The molecule has 0 radical (unpaired) electrons. The van der Waals surface area contributed by atoms with Crippen molar-refractivity contribution in [1.82, 2.24) is 9.88 Å². The fraction of sp³-hybridized carbons (Fsp3) is 0.500. The van der Waals surface area contributed by atoms with Gasteiger partial charge in [-0.2, -0.15) is 0 Å². The van der Waals surface area contributed by atoms with Crippen LogP contribution >= 0.6 is 11.6 Å². The van der Waals surface area contributed by atoms with E-state index < -0.39 is 0 Å². The van der Waals surface area contributed by atoms with Crippen LogP contribution in [0, 0.1) is 0 Å². The van der Waals surface area contributed by atoms with Crippen LogP contribution in [0.15, 0.2) is 17.4 Å². The second-order valence-corrected chi connectivity index (χ2v) is 5.34. The van der Waals surface area contributed by atoms with E-state index >= 15 is 0 Å². The predicted octanol–water partition coefficient (Wildman–Crippen LogP) is 1.55. The number of pyridine rings is 1. The molecule has 0 aromatic carbocycles. The highest BCUT2D eigenvalue weighted by Gasteiger charge is 2.22. The molecule has 7 heteroatoms. The minimum Gasteiger partial charge on any atom is -0.475 e. The first-order valence-corrected chi connectivity index (χ1v) is 6.10. The summed E-state index contributed by atoms with van der Waals surface area (Å²) in [5.74, 6) is 0.185. The number of nitrogens with two attached hydrogens (primary N) is 1. The van der Waals surface area contributed by atoms with Gasteiger partial charge >= 0.3 is 0 Å². The van der Waals surface area contributed by atoms with Gasteiger partial charge in [-0.15, -0.1) is 0 Å². The van der Waals surface area contributed by atoms with Crippen molar-refractivity contribution in [1.29, 1.82) is 0 Å². The van der Waals surface area contributed by atoms with E-state index in [9.17, 15) is 0 Å². The molecule has 1 rings (SSSR count). The van der Waals surface area contributed by atoms with Gasteiger partial charge in [0.1, 0.15) is 11.6 Å². The molecule has 0 atom stereocenters. The minimum atomic E-state index is -0.169. The minimum absolute atomic E-state index is 0.0795. The largest absolute Gasteiger partial charge is 0.475 e. The van der Waals surface area contributed by atoms with E-state index in [-0.39, 0.29) is 22.3 Å². The normalized spacial score (nSPS) is 12.8. The molecule has 0 aliphatic rings. The molecule has 0 amide bonds.